The number of amides is 1. The summed E-state index contributed by atoms with van der Waals surface area (Å²) in [7, 11) is 1.31. The molecule has 2 N–H and O–H groups in total. The van der Waals surface area contributed by atoms with Gasteiger partial charge in [0, 0.05) is 6.42 Å². The fourth-order valence-electron chi connectivity index (χ4n) is 9.81. The molecular formula is C69H129N2O6P. The number of phosphoric ester groups is 1. The Labute approximate surface area is 484 Å². The van der Waals surface area contributed by atoms with Gasteiger partial charge in [0.1, 0.15) is 13.2 Å². The molecule has 0 radical (unpaired) electrons. The molecule has 0 aliphatic carbocycles. The number of unbranched alkanes of at least 4 members (excludes halogenated alkanes) is 36. The van der Waals surface area contributed by atoms with E-state index in [0.717, 1.165) is 77.0 Å². The molecule has 0 aliphatic rings. The van der Waals surface area contributed by atoms with E-state index in [-0.39, 0.29) is 19.1 Å². The van der Waals surface area contributed by atoms with E-state index in [9.17, 15) is 19.4 Å². The van der Waals surface area contributed by atoms with Crippen molar-refractivity contribution >= 4 is 13.7 Å². The third kappa shape index (κ3) is 61.6. The summed E-state index contributed by atoms with van der Waals surface area (Å²) in [5.74, 6) is -0.161. The van der Waals surface area contributed by atoms with Crippen molar-refractivity contribution in [1.82, 2.24) is 5.32 Å². The molecule has 0 fully saturated rings. The van der Waals surface area contributed by atoms with Crippen molar-refractivity contribution in [2.75, 3.05) is 40.9 Å². The average Bonchev–Trinajstić information content (AvgIpc) is 3.40. The Morgan fingerprint density at radius 2 is 0.782 bits per heavy atom. The molecule has 456 valence electrons. The topological polar surface area (TPSA) is 108 Å². The molecule has 78 heavy (non-hydrogen) atoms. The molecule has 3 atom stereocenters. The Hall–Kier alpha value is -2.06. The predicted octanol–water partition coefficient (Wildman–Crippen LogP) is 20.4. The van der Waals surface area contributed by atoms with Crippen LogP contribution >= 0.6 is 7.82 Å². The second kappa shape index (κ2) is 59.6. The highest BCUT2D eigenvalue weighted by Crippen LogP contribution is 2.38. The second-order valence-corrected chi connectivity index (χ2v) is 25.2. The van der Waals surface area contributed by atoms with Gasteiger partial charge in [-0.1, -0.05) is 311 Å². The average molecular weight is 1110 g/mol. The highest BCUT2D eigenvalue weighted by Gasteiger charge is 2.24. The highest BCUT2D eigenvalue weighted by atomic mass is 31.2. The van der Waals surface area contributed by atoms with Crippen LogP contribution in [0.2, 0.25) is 0 Å². The molecule has 0 aliphatic heterocycles. The fraction of sp³-hybridized carbons (Fsp3) is 0.812. The minimum Gasteiger partial charge on any atom is -0.756 e. The standard InChI is InChI=1S/C69H129N2O6P/c1-6-8-10-12-14-16-18-20-22-24-25-26-27-28-29-30-31-32-33-34-35-36-37-38-39-40-41-42-43-44-45-47-49-51-53-55-57-59-61-63-69(73)70-67(66-77-78(74,75)76-65-64-71(3,4)5)68(72)62-60-58-56-54-52-50-48-46-23-21-19-17-15-13-11-9-7-2/h8,10,14,16,20,22,25-26,28-29,31-32,67-68,72H,6-7,9,11-13,15,17-19,21,23-24,27,30,33-66H2,1-5H3,(H-,70,73,74,75)/b10-8-,16-14-,22-20-,26-25-,29-28-,32-31-. The van der Waals surface area contributed by atoms with Crippen LogP contribution in [0.4, 0.5) is 0 Å². The van der Waals surface area contributed by atoms with Gasteiger partial charge < -0.3 is 28.8 Å². The molecule has 0 saturated heterocycles. The second-order valence-electron chi connectivity index (χ2n) is 23.8. The molecule has 0 aromatic heterocycles. The summed E-state index contributed by atoms with van der Waals surface area (Å²) in [6, 6.07) is -0.801. The van der Waals surface area contributed by atoms with Crippen LogP contribution < -0.4 is 10.2 Å². The summed E-state index contributed by atoms with van der Waals surface area (Å²) >= 11 is 0. The van der Waals surface area contributed by atoms with Crippen LogP contribution in [0.1, 0.15) is 309 Å². The molecule has 0 spiro atoms. The van der Waals surface area contributed by atoms with E-state index in [1.165, 1.54) is 205 Å². The quantitative estimate of drug-likeness (QED) is 0.0272. The number of allylic oxidation sites excluding steroid dienone is 12. The Morgan fingerprint density at radius 1 is 0.462 bits per heavy atom. The molecule has 0 heterocycles. The predicted molar refractivity (Wildman–Crippen MR) is 339 cm³/mol. The Kier molecular flexibility index (Phi) is 58.0. The number of rotatable bonds is 61. The van der Waals surface area contributed by atoms with Gasteiger partial charge in [0.25, 0.3) is 7.82 Å². The molecule has 8 nitrogen and oxygen atoms in total. The lowest BCUT2D eigenvalue weighted by Gasteiger charge is -2.30. The number of carbonyl (C=O) groups excluding carboxylic acids is 1. The number of likely N-dealkylation sites (N-methyl/N-ethyl adjacent to an activating group) is 1. The number of quaternary nitrogens is 1. The van der Waals surface area contributed by atoms with Gasteiger partial charge >= 0.3 is 0 Å². The van der Waals surface area contributed by atoms with Gasteiger partial charge in [-0.25, -0.2) is 0 Å². The van der Waals surface area contributed by atoms with Crippen LogP contribution in [-0.2, 0) is 18.4 Å². The van der Waals surface area contributed by atoms with Crippen molar-refractivity contribution in [2.24, 2.45) is 0 Å². The van der Waals surface area contributed by atoms with Gasteiger partial charge in [-0.2, -0.15) is 0 Å². The van der Waals surface area contributed by atoms with Gasteiger partial charge in [-0.15, -0.1) is 0 Å². The van der Waals surface area contributed by atoms with Crippen LogP contribution in [0.3, 0.4) is 0 Å². The number of hydrogen-bond donors (Lipinski definition) is 2. The first-order chi connectivity index (χ1) is 38.0. The smallest absolute Gasteiger partial charge is 0.268 e. The third-order valence-corrected chi connectivity index (χ3v) is 15.9. The minimum absolute atomic E-state index is 0.0126. The van der Waals surface area contributed by atoms with Crippen molar-refractivity contribution < 1.29 is 32.9 Å². The van der Waals surface area contributed by atoms with E-state index in [0.29, 0.717) is 23.9 Å². The van der Waals surface area contributed by atoms with Gasteiger partial charge in [0.15, 0.2) is 0 Å². The Morgan fingerprint density at radius 3 is 1.14 bits per heavy atom. The SMILES string of the molecule is CC/C=C\C/C=C\C/C=C\C/C=C\C/C=C\C/C=C\CCCCCCCCCCCCCCCCCCCCCCC(=O)NC(COP(=O)([O-])OCC[N+](C)(C)C)C(O)CCCCCCCCCCCCCCCCCCC. The van der Waals surface area contributed by atoms with E-state index < -0.39 is 20.0 Å². The van der Waals surface area contributed by atoms with Gasteiger partial charge in [-0.05, 0) is 64.2 Å². The number of carbonyl (C=O) groups is 1. The molecule has 0 aromatic carbocycles. The number of phosphoric acid groups is 1. The lowest BCUT2D eigenvalue weighted by molar-refractivity contribution is -0.870. The summed E-state index contributed by atoms with van der Waals surface area (Å²) in [5, 5.41) is 14.1. The molecule has 0 aromatic rings. The maximum atomic E-state index is 13.0. The fourth-order valence-corrected chi connectivity index (χ4v) is 10.5. The van der Waals surface area contributed by atoms with Gasteiger partial charge in [-0.3, -0.25) is 9.36 Å². The maximum absolute atomic E-state index is 13.0. The van der Waals surface area contributed by atoms with E-state index >= 15 is 0 Å². The van der Waals surface area contributed by atoms with Gasteiger partial charge in [0.05, 0.1) is 39.9 Å². The normalized spacial score (nSPS) is 14.2. The first-order valence-corrected chi connectivity index (χ1v) is 34.7. The molecular weight excluding hydrogens is 984 g/mol. The zero-order chi connectivity index (χ0) is 57.0. The first-order valence-electron chi connectivity index (χ1n) is 33.3. The van der Waals surface area contributed by atoms with Crippen molar-refractivity contribution in [3.8, 4) is 0 Å². The van der Waals surface area contributed by atoms with Crippen molar-refractivity contribution in [3.05, 3.63) is 72.9 Å². The summed E-state index contributed by atoms with van der Waals surface area (Å²) in [4.78, 5) is 25.6. The number of aliphatic hydroxyl groups is 1. The summed E-state index contributed by atoms with van der Waals surface area (Å²) in [6.07, 6.45) is 82.5. The number of hydrogen-bond acceptors (Lipinski definition) is 6. The highest BCUT2D eigenvalue weighted by molar-refractivity contribution is 7.45. The molecule has 0 bridgehead atoms. The lowest BCUT2D eigenvalue weighted by Crippen LogP contribution is -2.46. The molecule has 0 saturated carbocycles. The largest absolute Gasteiger partial charge is 0.756 e. The third-order valence-electron chi connectivity index (χ3n) is 15.0. The number of aliphatic hydroxyl groups excluding tert-OH is 1. The van der Waals surface area contributed by atoms with Crippen LogP contribution in [0, 0.1) is 0 Å². The van der Waals surface area contributed by atoms with Crippen LogP contribution in [0.15, 0.2) is 72.9 Å². The Bertz CT molecular complexity index is 1500. The monoisotopic (exact) mass is 1110 g/mol. The molecule has 1 amide bonds. The Balaban J connectivity index is 3.94. The molecule has 9 heteroatoms. The maximum Gasteiger partial charge on any atom is 0.268 e. The van der Waals surface area contributed by atoms with E-state index in [1.807, 2.05) is 21.1 Å². The first kappa shape index (κ1) is 75.9. The van der Waals surface area contributed by atoms with Crippen LogP contribution in [-0.4, -0.2) is 68.5 Å². The summed E-state index contributed by atoms with van der Waals surface area (Å²) in [6.45, 7) is 4.64. The van der Waals surface area contributed by atoms with Crippen LogP contribution in [0.5, 0.6) is 0 Å². The number of nitrogens with zero attached hydrogens (tertiary/aromatic N) is 1. The van der Waals surface area contributed by atoms with Crippen molar-refractivity contribution in [3.63, 3.8) is 0 Å². The zero-order valence-electron chi connectivity index (χ0n) is 52.1. The summed E-state index contributed by atoms with van der Waals surface area (Å²) < 4.78 is 23.5. The minimum atomic E-state index is -4.58. The van der Waals surface area contributed by atoms with Crippen LogP contribution in [0.25, 0.3) is 0 Å². The zero-order valence-corrected chi connectivity index (χ0v) is 53.0. The molecule has 3 unspecified atom stereocenters. The summed E-state index contributed by atoms with van der Waals surface area (Å²) in [5.41, 5.74) is 0. The van der Waals surface area contributed by atoms with E-state index in [2.05, 4.69) is 92.1 Å². The van der Waals surface area contributed by atoms with Crippen molar-refractivity contribution in [2.45, 2.75) is 321 Å². The van der Waals surface area contributed by atoms with E-state index in [4.69, 9.17) is 9.05 Å². The van der Waals surface area contributed by atoms with E-state index in [1.54, 1.807) is 0 Å². The van der Waals surface area contributed by atoms with Gasteiger partial charge in [0.2, 0.25) is 5.91 Å². The van der Waals surface area contributed by atoms with Crippen molar-refractivity contribution in [1.29, 1.82) is 0 Å². The number of nitrogens with one attached hydrogen (secondary N) is 1. The molecule has 0 rings (SSSR count). The lowest BCUT2D eigenvalue weighted by atomic mass is 10.0.